The van der Waals surface area contributed by atoms with Crippen molar-refractivity contribution in [2.75, 3.05) is 31.5 Å². The molecule has 0 bridgehead atoms. The fourth-order valence-electron chi connectivity index (χ4n) is 3.09. The van der Waals surface area contributed by atoms with Crippen LogP contribution in [0, 0.1) is 11.6 Å². The van der Waals surface area contributed by atoms with E-state index in [1.807, 2.05) is 6.92 Å². The van der Waals surface area contributed by atoms with Crippen molar-refractivity contribution in [3.05, 3.63) is 65.7 Å². The molecule has 1 atom stereocenters. The lowest BCUT2D eigenvalue weighted by Gasteiger charge is -2.32. The van der Waals surface area contributed by atoms with E-state index in [0.29, 0.717) is 18.5 Å². The Labute approximate surface area is 199 Å². The van der Waals surface area contributed by atoms with Gasteiger partial charge in [0, 0.05) is 27.2 Å². The summed E-state index contributed by atoms with van der Waals surface area (Å²) in [7, 11) is -1.50. The summed E-state index contributed by atoms with van der Waals surface area (Å²) < 4.78 is 54.5. The number of carbonyl (C=O) groups is 2. The molecule has 0 aliphatic carbocycles. The smallest absolute Gasteiger partial charge is 0.304 e. The van der Waals surface area contributed by atoms with E-state index in [2.05, 4.69) is 5.32 Å². The van der Waals surface area contributed by atoms with Gasteiger partial charge in [-0.25, -0.2) is 13.1 Å². The summed E-state index contributed by atoms with van der Waals surface area (Å²) in [6, 6.07) is 9.21. The molecule has 34 heavy (non-hydrogen) atoms. The van der Waals surface area contributed by atoms with Crippen LogP contribution in [0.4, 0.5) is 14.5 Å². The van der Waals surface area contributed by atoms with Crippen molar-refractivity contribution in [2.45, 2.75) is 32.9 Å². The predicted molar refractivity (Wildman–Crippen MR) is 126 cm³/mol. The molecule has 1 N–H and O–H groups in total. The van der Waals surface area contributed by atoms with Gasteiger partial charge in [-0.15, -0.1) is 0 Å². The van der Waals surface area contributed by atoms with Crippen LogP contribution in [0.25, 0.3) is 0 Å². The second kappa shape index (κ2) is 11.9. The Kier molecular flexibility index (Phi) is 9.51. The van der Waals surface area contributed by atoms with Crippen LogP contribution < -0.4 is 9.62 Å². The normalized spacial score (nSPS) is 12.3. The molecule has 0 aliphatic rings. The lowest BCUT2D eigenvalue weighted by atomic mass is 10.1. The molecule has 0 fully saturated rings. The Balaban J connectivity index is 2.41. The van der Waals surface area contributed by atoms with Crippen LogP contribution in [0.5, 0.6) is 0 Å². The molecule has 0 aliphatic heterocycles. The monoisotopic (exact) mass is 496 g/mol. The molecule has 0 unspecified atom stereocenters. The molecule has 11 heteroatoms. The highest BCUT2D eigenvalue weighted by molar-refractivity contribution is 7.90. The molecule has 8 nitrogen and oxygen atoms in total. The molecule has 0 saturated heterocycles. The van der Waals surface area contributed by atoms with Crippen LogP contribution in [0.3, 0.4) is 0 Å². The van der Waals surface area contributed by atoms with Crippen molar-refractivity contribution < 1.29 is 26.8 Å². The summed E-state index contributed by atoms with van der Waals surface area (Å²) in [5.41, 5.74) is 0.655. The van der Waals surface area contributed by atoms with E-state index < -0.39 is 46.2 Å². The van der Waals surface area contributed by atoms with Crippen molar-refractivity contribution in [3.8, 4) is 0 Å². The van der Waals surface area contributed by atoms with Gasteiger partial charge < -0.3 is 10.2 Å². The predicted octanol–water partition coefficient (Wildman–Crippen LogP) is 2.52. The van der Waals surface area contributed by atoms with Crippen LogP contribution in [-0.4, -0.2) is 62.7 Å². The standard InChI is InChI=1S/C23H30F2N4O4S/c1-5-14-26-23(31)17(2)28(15-18-6-8-19(24)9-7-18)22(30)16-29(34(32,33)27(3)4)21-12-10-20(25)11-13-21/h6-13,17H,5,14-16H2,1-4H3,(H,26,31)/t17-/m1/s1. The van der Waals surface area contributed by atoms with Crippen molar-refractivity contribution >= 4 is 27.7 Å². The van der Waals surface area contributed by atoms with Crippen LogP contribution in [0.1, 0.15) is 25.8 Å². The number of amides is 2. The highest BCUT2D eigenvalue weighted by atomic mass is 32.2. The Hall–Kier alpha value is -3.05. The number of carbonyl (C=O) groups excluding carboxylic acids is 2. The lowest BCUT2D eigenvalue weighted by Crippen LogP contribution is -2.52. The van der Waals surface area contributed by atoms with Crippen LogP contribution in [-0.2, 0) is 26.3 Å². The number of rotatable bonds is 11. The number of nitrogens with one attached hydrogen (secondary N) is 1. The average Bonchev–Trinajstić information content (AvgIpc) is 2.80. The quantitative estimate of drug-likeness (QED) is 0.518. The minimum atomic E-state index is -4.13. The largest absolute Gasteiger partial charge is 0.354 e. The van der Waals surface area contributed by atoms with Crippen molar-refractivity contribution in [2.24, 2.45) is 0 Å². The minimum absolute atomic E-state index is 0.0426. The van der Waals surface area contributed by atoms with Gasteiger partial charge >= 0.3 is 10.2 Å². The molecule has 2 aromatic carbocycles. The Morgan fingerprint density at radius 3 is 2.00 bits per heavy atom. The summed E-state index contributed by atoms with van der Waals surface area (Å²) in [4.78, 5) is 27.3. The van der Waals surface area contributed by atoms with Gasteiger partial charge in [0.2, 0.25) is 11.8 Å². The van der Waals surface area contributed by atoms with Crippen LogP contribution in [0.2, 0.25) is 0 Å². The number of hydrogen-bond acceptors (Lipinski definition) is 4. The van der Waals surface area contributed by atoms with Gasteiger partial charge in [0.25, 0.3) is 0 Å². The minimum Gasteiger partial charge on any atom is -0.354 e. The Bertz CT molecular complexity index is 1080. The average molecular weight is 497 g/mol. The second-order valence-electron chi connectivity index (χ2n) is 7.89. The molecule has 0 heterocycles. The van der Waals surface area contributed by atoms with Gasteiger partial charge in [-0.3, -0.25) is 9.59 Å². The molecule has 0 spiro atoms. The molecule has 2 amide bonds. The first-order valence-electron chi connectivity index (χ1n) is 10.7. The zero-order valence-electron chi connectivity index (χ0n) is 19.7. The topological polar surface area (TPSA) is 90.0 Å². The molecular weight excluding hydrogens is 466 g/mol. The fourth-order valence-corrected chi connectivity index (χ4v) is 4.15. The van der Waals surface area contributed by atoms with Gasteiger partial charge in [0.15, 0.2) is 0 Å². The molecule has 186 valence electrons. The van der Waals surface area contributed by atoms with Gasteiger partial charge in [-0.2, -0.15) is 12.7 Å². The van der Waals surface area contributed by atoms with Crippen molar-refractivity contribution in [1.82, 2.24) is 14.5 Å². The van der Waals surface area contributed by atoms with E-state index in [1.165, 1.54) is 62.3 Å². The fraction of sp³-hybridized carbons (Fsp3) is 0.391. The number of benzene rings is 2. The maximum atomic E-state index is 13.4. The summed E-state index contributed by atoms with van der Waals surface area (Å²) in [6.45, 7) is 3.17. The number of nitrogens with zero attached hydrogens (tertiary/aromatic N) is 3. The summed E-state index contributed by atoms with van der Waals surface area (Å²) >= 11 is 0. The van der Waals surface area contributed by atoms with Crippen LogP contribution >= 0.6 is 0 Å². The number of halogens is 2. The molecule has 0 aromatic heterocycles. The van der Waals surface area contributed by atoms with Crippen LogP contribution in [0.15, 0.2) is 48.5 Å². The van der Waals surface area contributed by atoms with E-state index in [-0.39, 0.29) is 12.2 Å². The van der Waals surface area contributed by atoms with Gasteiger partial charge in [-0.1, -0.05) is 19.1 Å². The first kappa shape index (κ1) is 27.2. The van der Waals surface area contributed by atoms with Gasteiger partial charge in [-0.05, 0) is 55.3 Å². The number of hydrogen-bond donors (Lipinski definition) is 1. The second-order valence-corrected chi connectivity index (χ2v) is 9.96. The zero-order valence-corrected chi connectivity index (χ0v) is 20.5. The zero-order chi connectivity index (χ0) is 25.5. The molecular formula is C23H30F2N4O4S. The molecule has 2 aromatic rings. The summed E-state index contributed by atoms with van der Waals surface area (Å²) in [5, 5.41) is 2.73. The van der Waals surface area contributed by atoms with Gasteiger partial charge in [0.05, 0.1) is 5.69 Å². The van der Waals surface area contributed by atoms with Gasteiger partial charge in [0.1, 0.15) is 24.2 Å². The molecule has 0 radical (unpaired) electrons. The first-order valence-corrected chi connectivity index (χ1v) is 12.1. The van der Waals surface area contributed by atoms with E-state index in [4.69, 9.17) is 0 Å². The molecule has 2 rings (SSSR count). The summed E-state index contributed by atoms with van der Waals surface area (Å²) in [6.07, 6.45) is 0.698. The Morgan fingerprint density at radius 1 is 0.971 bits per heavy atom. The van der Waals surface area contributed by atoms with E-state index >= 15 is 0 Å². The summed E-state index contributed by atoms with van der Waals surface area (Å²) in [5.74, 6) is -2.06. The maximum absolute atomic E-state index is 13.4. The van der Waals surface area contributed by atoms with E-state index in [9.17, 15) is 26.8 Å². The number of anilines is 1. The highest BCUT2D eigenvalue weighted by Crippen LogP contribution is 2.21. The third-order valence-corrected chi connectivity index (χ3v) is 6.94. The van der Waals surface area contributed by atoms with E-state index in [0.717, 1.165) is 20.7 Å². The highest BCUT2D eigenvalue weighted by Gasteiger charge is 2.32. The molecule has 0 saturated carbocycles. The van der Waals surface area contributed by atoms with E-state index in [1.54, 1.807) is 0 Å². The third-order valence-electron chi connectivity index (χ3n) is 5.12. The third kappa shape index (κ3) is 6.97. The lowest BCUT2D eigenvalue weighted by molar-refractivity contribution is -0.139. The Morgan fingerprint density at radius 2 is 1.50 bits per heavy atom. The maximum Gasteiger partial charge on any atom is 0.304 e. The van der Waals surface area contributed by atoms with Crippen molar-refractivity contribution in [1.29, 1.82) is 0 Å². The SMILES string of the molecule is CCCNC(=O)[C@@H](C)N(Cc1ccc(F)cc1)C(=O)CN(c1ccc(F)cc1)S(=O)(=O)N(C)C. The van der Waals surface area contributed by atoms with Crippen molar-refractivity contribution in [3.63, 3.8) is 0 Å². The first-order chi connectivity index (χ1) is 16.0.